The lowest BCUT2D eigenvalue weighted by molar-refractivity contribution is -0.119. The van der Waals surface area contributed by atoms with Crippen molar-refractivity contribution in [3.63, 3.8) is 0 Å². The van der Waals surface area contributed by atoms with Gasteiger partial charge in [0.25, 0.3) is 0 Å². The minimum atomic E-state index is 0.126. The molecule has 1 aliphatic rings. The molecule has 1 fully saturated rings. The lowest BCUT2D eigenvalue weighted by atomic mass is 9.97. The molecule has 70 valence electrons. The van der Waals surface area contributed by atoms with Gasteiger partial charge in [0.2, 0.25) is 5.91 Å². The molecule has 1 aromatic rings. The summed E-state index contributed by atoms with van der Waals surface area (Å²) in [4.78, 5) is 11.0. The van der Waals surface area contributed by atoms with Crippen LogP contribution < -0.4 is 5.32 Å². The van der Waals surface area contributed by atoms with Gasteiger partial charge in [-0.25, -0.2) is 0 Å². The predicted molar refractivity (Wildman–Crippen MR) is 54.7 cm³/mol. The fourth-order valence-electron chi connectivity index (χ4n) is 1.72. The van der Waals surface area contributed by atoms with E-state index in [1.54, 1.807) is 0 Å². The molecule has 1 amide bonds. The lowest BCUT2D eigenvalue weighted by Gasteiger charge is -2.07. The van der Waals surface area contributed by atoms with Gasteiger partial charge in [-0.15, -0.1) is 6.42 Å². The average molecular weight is 185 g/mol. The third-order valence-corrected chi connectivity index (χ3v) is 2.50. The summed E-state index contributed by atoms with van der Waals surface area (Å²) in [6.07, 6.45) is 5.89. The van der Waals surface area contributed by atoms with Crippen molar-refractivity contribution in [3.05, 3.63) is 35.4 Å². The highest BCUT2D eigenvalue weighted by atomic mass is 16.1. The highest BCUT2D eigenvalue weighted by Crippen LogP contribution is 2.23. The minimum absolute atomic E-state index is 0.126. The molecule has 0 bridgehead atoms. The normalized spacial score (nSPS) is 20.2. The smallest absolute Gasteiger partial charge is 0.220 e. The van der Waals surface area contributed by atoms with Crippen LogP contribution in [0.5, 0.6) is 0 Å². The van der Waals surface area contributed by atoms with Gasteiger partial charge in [0.1, 0.15) is 0 Å². The number of terminal acetylenes is 1. The van der Waals surface area contributed by atoms with Gasteiger partial charge in [0.15, 0.2) is 0 Å². The Kier molecular flexibility index (Phi) is 2.24. The van der Waals surface area contributed by atoms with E-state index in [4.69, 9.17) is 6.42 Å². The topological polar surface area (TPSA) is 29.1 Å². The molecule has 14 heavy (non-hydrogen) atoms. The Morgan fingerprint density at radius 2 is 2.36 bits per heavy atom. The molecule has 1 N–H and O–H groups in total. The van der Waals surface area contributed by atoms with Gasteiger partial charge in [0.05, 0.1) is 0 Å². The fourth-order valence-corrected chi connectivity index (χ4v) is 1.72. The van der Waals surface area contributed by atoms with E-state index in [0.717, 1.165) is 17.7 Å². The molecule has 1 aromatic carbocycles. The van der Waals surface area contributed by atoms with Crippen LogP contribution in [0.1, 0.15) is 23.5 Å². The second-order valence-corrected chi connectivity index (χ2v) is 3.47. The molecule has 0 aliphatic carbocycles. The highest BCUT2D eigenvalue weighted by Gasteiger charge is 2.22. The number of hydrogen-bond donors (Lipinski definition) is 1. The largest absolute Gasteiger partial charge is 0.355 e. The van der Waals surface area contributed by atoms with Crippen LogP contribution in [-0.4, -0.2) is 12.5 Å². The van der Waals surface area contributed by atoms with E-state index in [2.05, 4.69) is 11.2 Å². The van der Waals surface area contributed by atoms with Gasteiger partial charge in [-0.1, -0.05) is 18.1 Å². The Balaban J connectivity index is 2.24. The summed E-state index contributed by atoms with van der Waals surface area (Å²) >= 11 is 0. The number of carbonyl (C=O) groups excluding carboxylic acids is 1. The Morgan fingerprint density at radius 1 is 1.50 bits per heavy atom. The molecule has 1 atom stereocenters. The first kappa shape index (κ1) is 8.83. The van der Waals surface area contributed by atoms with E-state index >= 15 is 0 Å². The SMILES string of the molecule is C#Cc1cccc(C2CNC(=O)C2)c1. The molecular weight excluding hydrogens is 174 g/mol. The molecule has 0 aromatic heterocycles. The zero-order chi connectivity index (χ0) is 9.97. The van der Waals surface area contributed by atoms with Crippen molar-refractivity contribution in [1.29, 1.82) is 0 Å². The molecule has 1 aliphatic heterocycles. The summed E-state index contributed by atoms with van der Waals surface area (Å²) < 4.78 is 0. The third kappa shape index (κ3) is 1.62. The van der Waals surface area contributed by atoms with Crippen LogP contribution in [0, 0.1) is 12.3 Å². The molecule has 0 saturated carbocycles. The molecular formula is C12H11NO. The van der Waals surface area contributed by atoms with E-state index in [1.807, 2.05) is 24.3 Å². The van der Waals surface area contributed by atoms with Crippen LogP contribution in [0.25, 0.3) is 0 Å². The van der Waals surface area contributed by atoms with E-state index < -0.39 is 0 Å². The Hall–Kier alpha value is -1.75. The van der Waals surface area contributed by atoms with Crippen LogP contribution in [-0.2, 0) is 4.79 Å². The van der Waals surface area contributed by atoms with Crippen LogP contribution in [0.15, 0.2) is 24.3 Å². The zero-order valence-corrected chi connectivity index (χ0v) is 7.79. The number of carbonyl (C=O) groups is 1. The summed E-state index contributed by atoms with van der Waals surface area (Å²) in [5, 5.41) is 2.81. The third-order valence-electron chi connectivity index (χ3n) is 2.50. The predicted octanol–water partition coefficient (Wildman–Crippen LogP) is 1.27. The number of amides is 1. The monoisotopic (exact) mass is 185 g/mol. The van der Waals surface area contributed by atoms with Gasteiger partial charge in [-0.3, -0.25) is 4.79 Å². The molecule has 2 heteroatoms. The first-order valence-corrected chi connectivity index (χ1v) is 4.63. The maximum atomic E-state index is 11.0. The number of nitrogens with one attached hydrogen (secondary N) is 1. The summed E-state index contributed by atoms with van der Waals surface area (Å²) in [7, 11) is 0. The maximum Gasteiger partial charge on any atom is 0.220 e. The summed E-state index contributed by atoms with van der Waals surface area (Å²) in [5.41, 5.74) is 2.03. The van der Waals surface area contributed by atoms with Crippen molar-refractivity contribution in [2.45, 2.75) is 12.3 Å². The van der Waals surface area contributed by atoms with Gasteiger partial charge in [-0.2, -0.15) is 0 Å². The maximum absolute atomic E-state index is 11.0. The van der Waals surface area contributed by atoms with E-state index in [-0.39, 0.29) is 11.8 Å². The second kappa shape index (κ2) is 3.55. The van der Waals surface area contributed by atoms with Crippen molar-refractivity contribution < 1.29 is 4.79 Å². The Morgan fingerprint density at radius 3 is 3.00 bits per heavy atom. The summed E-state index contributed by atoms with van der Waals surface area (Å²) in [5.74, 6) is 3.01. The molecule has 2 rings (SSSR count). The molecule has 2 nitrogen and oxygen atoms in total. The molecule has 1 heterocycles. The quantitative estimate of drug-likeness (QED) is 0.656. The lowest BCUT2D eigenvalue weighted by Crippen LogP contribution is -2.13. The summed E-state index contributed by atoms with van der Waals surface area (Å²) in [6, 6.07) is 7.83. The number of hydrogen-bond acceptors (Lipinski definition) is 1. The number of rotatable bonds is 1. The first-order valence-electron chi connectivity index (χ1n) is 4.63. The van der Waals surface area contributed by atoms with Crippen LogP contribution in [0.4, 0.5) is 0 Å². The van der Waals surface area contributed by atoms with Crippen molar-refractivity contribution in [2.75, 3.05) is 6.54 Å². The molecule has 0 spiro atoms. The Labute approximate surface area is 83.3 Å². The number of benzene rings is 1. The van der Waals surface area contributed by atoms with E-state index in [9.17, 15) is 4.79 Å². The van der Waals surface area contributed by atoms with Crippen molar-refractivity contribution in [3.8, 4) is 12.3 Å². The first-order chi connectivity index (χ1) is 6.79. The van der Waals surface area contributed by atoms with E-state index in [0.29, 0.717) is 6.42 Å². The molecule has 0 radical (unpaired) electrons. The van der Waals surface area contributed by atoms with Crippen LogP contribution in [0.2, 0.25) is 0 Å². The van der Waals surface area contributed by atoms with Crippen LogP contribution in [0.3, 0.4) is 0 Å². The van der Waals surface area contributed by atoms with Gasteiger partial charge >= 0.3 is 0 Å². The zero-order valence-electron chi connectivity index (χ0n) is 7.79. The van der Waals surface area contributed by atoms with Crippen molar-refractivity contribution >= 4 is 5.91 Å². The molecule has 1 unspecified atom stereocenters. The van der Waals surface area contributed by atoms with Crippen LogP contribution >= 0.6 is 0 Å². The summed E-state index contributed by atoms with van der Waals surface area (Å²) in [6.45, 7) is 0.729. The highest BCUT2D eigenvalue weighted by molar-refractivity contribution is 5.79. The van der Waals surface area contributed by atoms with Gasteiger partial charge < -0.3 is 5.32 Å². The standard InChI is InChI=1S/C12H11NO/c1-2-9-4-3-5-10(6-9)11-7-12(14)13-8-11/h1,3-6,11H,7-8H2,(H,13,14). The average Bonchev–Trinajstić information content (AvgIpc) is 2.65. The Bertz CT molecular complexity index is 403. The van der Waals surface area contributed by atoms with Gasteiger partial charge in [0, 0.05) is 24.4 Å². The van der Waals surface area contributed by atoms with E-state index in [1.165, 1.54) is 0 Å². The minimum Gasteiger partial charge on any atom is -0.355 e. The second-order valence-electron chi connectivity index (χ2n) is 3.47. The van der Waals surface area contributed by atoms with Crippen molar-refractivity contribution in [2.24, 2.45) is 0 Å². The van der Waals surface area contributed by atoms with Gasteiger partial charge in [-0.05, 0) is 17.7 Å². The molecule has 1 saturated heterocycles. The fraction of sp³-hybridized carbons (Fsp3) is 0.250. The van der Waals surface area contributed by atoms with Crippen molar-refractivity contribution in [1.82, 2.24) is 5.32 Å².